The first-order chi connectivity index (χ1) is 13.3. The zero-order chi connectivity index (χ0) is 20.4. The van der Waals surface area contributed by atoms with E-state index in [-0.39, 0.29) is 22.2 Å². The standard InChI is InChI=1S/C23H33FN2OS/c1-6-27-18(3)23(12-11-20-9-10-21(24)28-20)13-14-26(16-23)22(4,5)19-8-7-17(2)25-15-19/h7-10,15,18H,6,11-14,16H2,1-5H3. The number of halogens is 1. The van der Waals surface area contributed by atoms with Gasteiger partial charge in [-0.25, -0.2) is 0 Å². The average molecular weight is 405 g/mol. The van der Waals surface area contributed by atoms with Crippen molar-refractivity contribution in [1.29, 1.82) is 0 Å². The van der Waals surface area contributed by atoms with Gasteiger partial charge in [0.25, 0.3) is 0 Å². The van der Waals surface area contributed by atoms with Crippen LogP contribution in [-0.4, -0.2) is 35.7 Å². The summed E-state index contributed by atoms with van der Waals surface area (Å²) in [5, 5.41) is -0.0945. The number of likely N-dealkylation sites (tertiary alicyclic amines) is 1. The summed E-state index contributed by atoms with van der Waals surface area (Å²) in [6.45, 7) is 13.6. The number of hydrogen-bond acceptors (Lipinski definition) is 4. The van der Waals surface area contributed by atoms with Gasteiger partial charge < -0.3 is 4.74 Å². The highest BCUT2D eigenvalue weighted by Gasteiger charge is 2.46. The van der Waals surface area contributed by atoms with Crippen LogP contribution in [0.25, 0.3) is 0 Å². The predicted molar refractivity (Wildman–Crippen MR) is 114 cm³/mol. The van der Waals surface area contributed by atoms with E-state index in [1.165, 1.54) is 16.9 Å². The SMILES string of the molecule is CCOC(C)C1(CCc2ccc(F)s2)CCN(C(C)(C)c2ccc(C)nc2)C1. The topological polar surface area (TPSA) is 25.4 Å². The lowest BCUT2D eigenvalue weighted by Gasteiger charge is -2.40. The van der Waals surface area contributed by atoms with E-state index in [0.717, 1.165) is 49.5 Å². The Morgan fingerprint density at radius 1 is 1.32 bits per heavy atom. The summed E-state index contributed by atoms with van der Waals surface area (Å²) < 4.78 is 19.5. The first-order valence-electron chi connectivity index (χ1n) is 10.3. The minimum atomic E-state index is -0.0945. The van der Waals surface area contributed by atoms with Crippen molar-refractivity contribution in [3.8, 4) is 0 Å². The first kappa shape index (κ1) is 21.4. The Balaban J connectivity index is 1.78. The van der Waals surface area contributed by atoms with Gasteiger partial charge in [0.05, 0.1) is 6.10 Å². The van der Waals surface area contributed by atoms with E-state index in [9.17, 15) is 4.39 Å². The van der Waals surface area contributed by atoms with Gasteiger partial charge in [-0.15, -0.1) is 11.3 Å². The van der Waals surface area contributed by atoms with Gasteiger partial charge in [-0.1, -0.05) is 6.07 Å². The zero-order valence-electron chi connectivity index (χ0n) is 17.8. The van der Waals surface area contributed by atoms with Crippen molar-refractivity contribution in [2.45, 2.75) is 65.5 Å². The molecule has 2 unspecified atom stereocenters. The van der Waals surface area contributed by atoms with Gasteiger partial charge in [-0.2, -0.15) is 4.39 Å². The fraction of sp³-hybridized carbons (Fsp3) is 0.609. The van der Waals surface area contributed by atoms with Gasteiger partial charge in [-0.3, -0.25) is 9.88 Å². The van der Waals surface area contributed by atoms with Crippen LogP contribution in [0.3, 0.4) is 0 Å². The van der Waals surface area contributed by atoms with E-state index < -0.39 is 0 Å². The highest BCUT2D eigenvalue weighted by molar-refractivity contribution is 7.10. The normalized spacial score (nSPS) is 21.9. The highest BCUT2D eigenvalue weighted by atomic mass is 32.1. The van der Waals surface area contributed by atoms with Crippen molar-refractivity contribution in [3.63, 3.8) is 0 Å². The molecule has 0 radical (unpaired) electrons. The Labute approximate surface area is 172 Å². The summed E-state index contributed by atoms with van der Waals surface area (Å²) in [7, 11) is 0. The number of hydrogen-bond donors (Lipinski definition) is 0. The van der Waals surface area contributed by atoms with Crippen LogP contribution >= 0.6 is 11.3 Å². The molecule has 0 aliphatic carbocycles. The van der Waals surface area contributed by atoms with Crippen LogP contribution in [0.5, 0.6) is 0 Å². The number of aromatic nitrogens is 1. The lowest BCUT2D eigenvalue weighted by Crippen LogP contribution is -2.44. The molecule has 3 heterocycles. The molecule has 1 fully saturated rings. The maximum atomic E-state index is 13.4. The molecule has 0 saturated carbocycles. The quantitative estimate of drug-likeness (QED) is 0.575. The summed E-state index contributed by atoms with van der Waals surface area (Å²) in [6.07, 6.45) is 5.22. The zero-order valence-corrected chi connectivity index (χ0v) is 18.6. The number of aryl methyl sites for hydroxylation is 2. The van der Waals surface area contributed by atoms with Crippen LogP contribution in [-0.2, 0) is 16.7 Å². The van der Waals surface area contributed by atoms with Gasteiger partial charge in [0.15, 0.2) is 5.13 Å². The molecule has 2 aromatic rings. The first-order valence-corrected chi connectivity index (χ1v) is 11.1. The lowest BCUT2D eigenvalue weighted by molar-refractivity contribution is -0.0291. The molecule has 2 atom stereocenters. The summed E-state index contributed by atoms with van der Waals surface area (Å²) in [5.41, 5.74) is 2.30. The molecule has 0 aromatic carbocycles. The highest BCUT2D eigenvalue weighted by Crippen LogP contribution is 2.44. The van der Waals surface area contributed by atoms with Crippen LogP contribution in [0.1, 0.15) is 56.7 Å². The fourth-order valence-corrected chi connectivity index (χ4v) is 5.14. The van der Waals surface area contributed by atoms with Crippen LogP contribution in [0.4, 0.5) is 4.39 Å². The van der Waals surface area contributed by atoms with Crippen LogP contribution < -0.4 is 0 Å². The molecule has 3 nitrogen and oxygen atoms in total. The summed E-state index contributed by atoms with van der Waals surface area (Å²) in [5.74, 6) is 0. The van der Waals surface area contributed by atoms with E-state index >= 15 is 0 Å². The van der Waals surface area contributed by atoms with Gasteiger partial charge in [0.2, 0.25) is 0 Å². The molecular weight excluding hydrogens is 371 g/mol. The molecule has 0 N–H and O–H groups in total. The van der Waals surface area contributed by atoms with Gasteiger partial charge >= 0.3 is 0 Å². The molecule has 154 valence electrons. The minimum absolute atomic E-state index is 0.0799. The summed E-state index contributed by atoms with van der Waals surface area (Å²) in [4.78, 5) is 8.21. The smallest absolute Gasteiger partial charge is 0.176 e. The van der Waals surface area contributed by atoms with Crippen molar-refractivity contribution in [2.24, 2.45) is 5.41 Å². The van der Waals surface area contributed by atoms with Crippen molar-refractivity contribution in [3.05, 3.63) is 51.7 Å². The number of rotatable bonds is 8. The number of pyridine rings is 1. The van der Waals surface area contributed by atoms with Crippen LogP contribution in [0, 0.1) is 17.5 Å². The Hall–Kier alpha value is -1.30. The van der Waals surface area contributed by atoms with Gasteiger partial charge in [0, 0.05) is 40.9 Å². The van der Waals surface area contributed by atoms with Crippen LogP contribution in [0.2, 0.25) is 0 Å². The van der Waals surface area contributed by atoms with Crippen LogP contribution in [0.15, 0.2) is 30.5 Å². The average Bonchev–Trinajstić information content (AvgIpc) is 3.28. The third-order valence-corrected chi connectivity index (χ3v) is 7.50. The number of thiophene rings is 1. The second kappa shape index (κ2) is 8.60. The second-order valence-electron chi connectivity index (χ2n) is 8.58. The molecule has 2 aromatic heterocycles. The maximum Gasteiger partial charge on any atom is 0.176 e. The largest absolute Gasteiger partial charge is 0.378 e. The molecule has 3 rings (SSSR count). The van der Waals surface area contributed by atoms with E-state index in [1.807, 2.05) is 19.2 Å². The summed E-state index contributed by atoms with van der Waals surface area (Å²) >= 11 is 1.27. The Kier molecular flexibility index (Phi) is 6.58. The Bertz CT molecular complexity index is 773. The van der Waals surface area contributed by atoms with Crippen molar-refractivity contribution >= 4 is 11.3 Å². The maximum absolute atomic E-state index is 13.4. The number of ether oxygens (including phenoxy) is 1. The molecule has 1 saturated heterocycles. The van der Waals surface area contributed by atoms with Crippen molar-refractivity contribution < 1.29 is 9.13 Å². The molecule has 5 heteroatoms. The monoisotopic (exact) mass is 404 g/mol. The molecule has 1 aliphatic heterocycles. The number of nitrogens with zero attached hydrogens (tertiary/aromatic N) is 2. The van der Waals surface area contributed by atoms with E-state index in [4.69, 9.17) is 4.74 Å². The molecule has 0 amide bonds. The Morgan fingerprint density at radius 3 is 2.71 bits per heavy atom. The molecule has 0 bridgehead atoms. The Morgan fingerprint density at radius 2 is 2.11 bits per heavy atom. The molecular formula is C23H33FN2OS. The second-order valence-corrected chi connectivity index (χ2v) is 9.70. The summed E-state index contributed by atoms with van der Waals surface area (Å²) in [6, 6.07) is 7.79. The molecule has 0 spiro atoms. The van der Waals surface area contributed by atoms with Crippen molar-refractivity contribution in [2.75, 3.05) is 19.7 Å². The van der Waals surface area contributed by atoms with Gasteiger partial charge in [-0.05, 0) is 84.2 Å². The fourth-order valence-electron chi connectivity index (χ4n) is 4.41. The van der Waals surface area contributed by atoms with E-state index in [0.29, 0.717) is 0 Å². The predicted octanol–water partition coefficient (Wildman–Crippen LogP) is 5.58. The molecule has 28 heavy (non-hydrogen) atoms. The van der Waals surface area contributed by atoms with E-state index in [2.05, 4.69) is 49.7 Å². The lowest BCUT2D eigenvalue weighted by atomic mass is 9.77. The third-order valence-electron chi connectivity index (χ3n) is 6.57. The third kappa shape index (κ3) is 4.47. The molecule has 1 aliphatic rings. The van der Waals surface area contributed by atoms with E-state index in [1.54, 1.807) is 6.07 Å². The van der Waals surface area contributed by atoms with Crippen molar-refractivity contribution in [1.82, 2.24) is 9.88 Å². The minimum Gasteiger partial charge on any atom is -0.378 e. The van der Waals surface area contributed by atoms with Gasteiger partial charge in [0.1, 0.15) is 0 Å².